The molecule has 0 aliphatic heterocycles. The van der Waals surface area contributed by atoms with Crippen LogP contribution >= 0.6 is 11.3 Å². The van der Waals surface area contributed by atoms with Gasteiger partial charge in [-0.2, -0.15) is 0 Å². The molecule has 2 rings (SSSR count). The number of nitrogens with zero attached hydrogens (tertiary/aromatic N) is 1. The Morgan fingerprint density at radius 3 is 2.56 bits per heavy atom. The molecule has 1 aromatic heterocycles. The summed E-state index contributed by atoms with van der Waals surface area (Å²) in [5, 5.41) is 10.1. The third kappa shape index (κ3) is 6.34. The zero-order chi connectivity index (χ0) is 18.1. The van der Waals surface area contributed by atoms with Crippen molar-refractivity contribution >= 4 is 34.2 Å². The zero-order valence-electron chi connectivity index (χ0n) is 13.9. The van der Waals surface area contributed by atoms with Crippen LogP contribution in [-0.4, -0.2) is 35.8 Å². The second-order valence-electron chi connectivity index (χ2n) is 5.27. The van der Waals surface area contributed by atoms with Crippen molar-refractivity contribution in [1.82, 2.24) is 15.6 Å². The van der Waals surface area contributed by atoms with Crippen LogP contribution in [0.15, 0.2) is 35.7 Å². The van der Waals surface area contributed by atoms with Crippen LogP contribution < -0.4 is 16.0 Å². The Morgan fingerprint density at radius 1 is 1.08 bits per heavy atom. The van der Waals surface area contributed by atoms with E-state index in [1.54, 1.807) is 29.6 Å². The Morgan fingerprint density at radius 2 is 1.84 bits per heavy atom. The topological polar surface area (TPSA) is 100 Å². The molecule has 132 valence electrons. The van der Waals surface area contributed by atoms with E-state index in [4.69, 9.17) is 0 Å². The summed E-state index contributed by atoms with van der Waals surface area (Å²) in [5.41, 5.74) is 1.08. The maximum atomic E-state index is 12.0. The first-order valence-electron chi connectivity index (χ1n) is 7.92. The summed E-state index contributed by atoms with van der Waals surface area (Å²) in [4.78, 5) is 39.5. The van der Waals surface area contributed by atoms with Gasteiger partial charge in [-0.3, -0.25) is 19.7 Å². The molecule has 3 amide bonds. The molecule has 0 fully saturated rings. The van der Waals surface area contributed by atoms with Crippen LogP contribution in [0.5, 0.6) is 0 Å². The minimum absolute atomic E-state index is 0.0543. The molecule has 0 aliphatic carbocycles. The molecule has 0 unspecified atom stereocenters. The van der Waals surface area contributed by atoms with Gasteiger partial charge in [-0.05, 0) is 18.6 Å². The molecule has 1 heterocycles. The number of benzene rings is 1. The smallest absolute Gasteiger partial charge is 0.257 e. The van der Waals surface area contributed by atoms with E-state index < -0.39 is 0 Å². The van der Waals surface area contributed by atoms with Gasteiger partial charge in [0.15, 0.2) is 5.13 Å². The van der Waals surface area contributed by atoms with E-state index in [0.717, 1.165) is 6.42 Å². The monoisotopic (exact) mass is 360 g/mol. The molecule has 0 spiro atoms. The molecule has 7 nitrogen and oxygen atoms in total. The Kier molecular flexibility index (Phi) is 7.09. The first-order chi connectivity index (χ1) is 12.1. The number of carbonyl (C=O) groups excluding carboxylic acids is 3. The van der Waals surface area contributed by atoms with Crippen molar-refractivity contribution < 1.29 is 14.4 Å². The fourth-order valence-corrected chi connectivity index (χ4v) is 2.64. The highest BCUT2D eigenvalue weighted by Crippen LogP contribution is 2.16. The molecule has 3 N–H and O–H groups in total. The number of amides is 3. The molecule has 0 radical (unpaired) electrons. The number of thiazole rings is 1. The van der Waals surface area contributed by atoms with Crippen molar-refractivity contribution in [2.75, 3.05) is 18.4 Å². The van der Waals surface area contributed by atoms with Gasteiger partial charge in [0, 0.05) is 17.5 Å². The molecule has 1 aromatic carbocycles. The zero-order valence-corrected chi connectivity index (χ0v) is 14.7. The number of aromatic nitrogens is 1. The van der Waals surface area contributed by atoms with Crippen LogP contribution in [0.2, 0.25) is 0 Å². The molecule has 0 saturated heterocycles. The molecular weight excluding hydrogens is 340 g/mol. The molecule has 25 heavy (non-hydrogen) atoms. The largest absolute Gasteiger partial charge is 0.355 e. The first-order valence-corrected chi connectivity index (χ1v) is 8.80. The molecule has 2 aromatic rings. The summed E-state index contributed by atoms with van der Waals surface area (Å²) in [7, 11) is 0. The Hall–Kier alpha value is -2.74. The van der Waals surface area contributed by atoms with Crippen molar-refractivity contribution in [3.05, 3.63) is 47.0 Å². The van der Waals surface area contributed by atoms with E-state index in [2.05, 4.69) is 20.9 Å². The number of carbonyl (C=O) groups is 3. The quantitative estimate of drug-likeness (QED) is 0.665. The minimum atomic E-state index is -0.294. The molecule has 0 saturated carbocycles. The maximum absolute atomic E-state index is 12.0. The lowest BCUT2D eigenvalue weighted by Crippen LogP contribution is -2.37. The third-order valence-electron chi connectivity index (χ3n) is 3.17. The number of hydrogen-bond acceptors (Lipinski definition) is 5. The van der Waals surface area contributed by atoms with Crippen LogP contribution in [0.4, 0.5) is 5.13 Å². The number of hydrogen-bond donors (Lipinski definition) is 3. The van der Waals surface area contributed by atoms with Gasteiger partial charge in [-0.25, -0.2) is 4.98 Å². The van der Waals surface area contributed by atoms with E-state index in [1.807, 2.05) is 13.0 Å². The third-order valence-corrected chi connectivity index (χ3v) is 3.97. The van der Waals surface area contributed by atoms with Crippen molar-refractivity contribution in [3.8, 4) is 0 Å². The van der Waals surface area contributed by atoms with Crippen molar-refractivity contribution in [1.29, 1.82) is 0 Å². The second kappa shape index (κ2) is 9.53. The van der Waals surface area contributed by atoms with Gasteiger partial charge in [-0.15, -0.1) is 11.3 Å². The van der Waals surface area contributed by atoms with Crippen molar-refractivity contribution in [3.63, 3.8) is 0 Å². The van der Waals surface area contributed by atoms with Gasteiger partial charge < -0.3 is 10.6 Å². The standard InChI is InChI=1S/C17H20N4O3S/c1-2-8-18-15(23)10-19-14(22)9-13-11-25-17(20-13)21-16(24)12-6-4-3-5-7-12/h3-7,11H,2,8-10H2,1H3,(H,18,23)(H,19,22)(H,20,21,24). The Balaban J connectivity index is 1.80. The highest BCUT2D eigenvalue weighted by atomic mass is 32.1. The van der Waals surface area contributed by atoms with Gasteiger partial charge >= 0.3 is 0 Å². The SMILES string of the molecule is CCCNC(=O)CNC(=O)Cc1csc(NC(=O)c2ccccc2)n1. The summed E-state index contributed by atoms with van der Waals surface area (Å²) < 4.78 is 0. The van der Waals surface area contributed by atoms with E-state index in [1.165, 1.54) is 11.3 Å². The number of nitrogens with one attached hydrogen (secondary N) is 3. The minimum Gasteiger partial charge on any atom is -0.355 e. The van der Waals surface area contributed by atoms with E-state index >= 15 is 0 Å². The highest BCUT2D eigenvalue weighted by molar-refractivity contribution is 7.14. The Labute approximate surface area is 149 Å². The van der Waals surface area contributed by atoms with E-state index in [9.17, 15) is 14.4 Å². The van der Waals surface area contributed by atoms with E-state index in [-0.39, 0.29) is 30.7 Å². The summed E-state index contributed by atoms with van der Waals surface area (Å²) in [6, 6.07) is 8.81. The molecular formula is C17H20N4O3S. The highest BCUT2D eigenvalue weighted by Gasteiger charge is 2.11. The molecule has 0 atom stereocenters. The van der Waals surface area contributed by atoms with Gasteiger partial charge in [0.05, 0.1) is 18.7 Å². The Bertz CT molecular complexity index is 731. The average molecular weight is 360 g/mol. The lowest BCUT2D eigenvalue weighted by molar-refractivity contribution is -0.125. The maximum Gasteiger partial charge on any atom is 0.257 e. The average Bonchev–Trinajstić information content (AvgIpc) is 3.05. The second-order valence-corrected chi connectivity index (χ2v) is 6.13. The summed E-state index contributed by atoms with van der Waals surface area (Å²) in [6.45, 7) is 2.49. The van der Waals surface area contributed by atoms with Crippen LogP contribution in [0.1, 0.15) is 29.4 Å². The lowest BCUT2D eigenvalue weighted by Gasteiger charge is -2.05. The van der Waals surface area contributed by atoms with Crippen LogP contribution in [0.25, 0.3) is 0 Å². The van der Waals surface area contributed by atoms with Gasteiger partial charge in [0.25, 0.3) is 5.91 Å². The summed E-state index contributed by atoms with van der Waals surface area (Å²) in [6.07, 6.45) is 0.898. The van der Waals surface area contributed by atoms with Crippen LogP contribution in [-0.2, 0) is 16.0 Å². The van der Waals surface area contributed by atoms with E-state index in [0.29, 0.717) is 22.9 Å². The lowest BCUT2D eigenvalue weighted by atomic mass is 10.2. The number of anilines is 1. The first kappa shape index (κ1) is 18.6. The molecule has 0 aliphatic rings. The molecule has 8 heteroatoms. The predicted molar refractivity (Wildman–Crippen MR) is 96.5 cm³/mol. The fraction of sp³-hybridized carbons (Fsp3) is 0.294. The van der Waals surface area contributed by atoms with Crippen LogP contribution in [0, 0.1) is 0 Å². The number of rotatable bonds is 8. The van der Waals surface area contributed by atoms with Crippen molar-refractivity contribution in [2.45, 2.75) is 19.8 Å². The summed E-state index contributed by atoms with van der Waals surface area (Å²) in [5.74, 6) is -0.763. The summed E-state index contributed by atoms with van der Waals surface area (Å²) >= 11 is 1.25. The normalized spacial score (nSPS) is 10.1. The van der Waals surface area contributed by atoms with Gasteiger partial charge in [0.2, 0.25) is 11.8 Å². The van der Waals surface area contributed by atoms with Crippen molar-refractivity contribution in [2.24, 2.45) is 0 Å². The predicted octanol–water partition coefficient (Wildman–Crippen LogP) is 1.58. The fourth-order valence-electron chi connectivity index (χ4n) is 1.94. The van der Waals surface area contributed by atoms with Crippen LogP contribution in [0.3, 0.4) is 0 Å². The van der Waals surface area contributed by atoms with Gasteiger partial charge in [0.1, 0.15) is 0 Å². The molecule has 0 bridgehead atoms. The van der Waals surface area contributed by atoms with Gasteiger partial charge in [-0.1, -0.05) is 25.1 Å².